The van der Waals surface area contributed by atoms with Crippen molar-refractivity contribution in [2.24, 2.45) is 0 Å². The lowest BCUT2D eigenvalue weighted by Gasteiger charge is -2.27. The van der Waals surface area contributed by atoms with Crippen molar-refractivity contribution in [3.63, 3.8) is 0 Å². The molecule has 0 bridgehead atoms. The number of likely N-dealkylation sites (tertiary alicyclic amines) is 1. The lowest BCUT2D eigenvalue weighted by Crippen LogP contribution is -2.41. The van der Waals surface area contributed by atoms with Gasteiger partial charge in [0.25, 0.3) is 5.91 Å². The topological polar surface area (TPSA) is 69.8 Å². The van der Waals surface area contributed by atoms with Gasteiger partial charge in [-0.3, -0.25) is 4.79 Å². The van der Waals surface area contributed by atoms with Crippen LogP contribution in [0.3, 0.4) is 0 Å². The SMILES string of the molecule is Cc1ccc(C(=O)N2CC(O)CC2CN(C)C)cc1N. The third-order valence-corrected chi connectivity index (χ3v) is 3.76. The van der Waals surface area contributed by atoms with Crippen LogP contribution in [0.5, 0.6) is 0 Å². The van der Waals surface area contributed by atoms with E-state index in [0.29, 0.717) is 24.2 Å². The van der Waals surface area contributed by atoms with Crippen LogP contribution >= 0.6 is 0 Å². The Labute approximate surface area is 120 Å². The molecular weight excluding hydrogens is 254 g/mol. The Morgan fingerprint density at radius 1 is 1.50 bits per heavy atom. The summed E-state index contributed by atoms with van der Waals surface area (Å²) in [5.74, 6) is -0.0555. The molecule has 1 fully saturated rings. The summed E-state index contributed by atoms with van der Waals surface area (Å²) >= 11 is 0. The molecule has 20 heavy (non-hydrogen) atoms. The summed E-state index contributed by atoms with van der Waals surface area (Å²) in [7, 11) is 3.94. The summed E-state index contributed by atoms with van der Waals surface area (Å²) in [6.45, 7) is 3.06. The molecular formula is C15H23N3O2. The molecule has 0 radical (unpaired) electrons. The van der Waals surface area contributed by atoms with E-state index in [1.165, 1.54) is 0 Å². The number of aliphatic hydroxyl groups excluding tert-OH is 1. The van der Waals surface area contributed by atoms with Crippen LogP contribution in [0.25, 0.3) is 0 Å². The number of rotatable bonds is 3. The Hall–Kier alpha value is -1.59. The smallest absolute Gasteiger partial charge is 0.254 e. The van der Waals surface area contributed by atoms with Crippen molar-refractivity contribution >= 4 is 11.6 Å². The highest BCUT2D eigenvalue weighted by Crippen LogP contribution is 2.22. The first-order chi connectivity index (χ1) is 9.38. The minimum absolute atomic E-state index is 0.0510. The molecule has 1 saturated heterocycles. The van der Waals surface area contributed by atoms with Crippen LogP contribution in [-0.2, 0) is 0 Å². The molecule has 1 aromatic carbocycles. The fraction of sp³-hybridized carbons (Fsp3) is 0.533. The lowest BCUT2D eigenvalue weighted by molar-refractivity contribution is 0.0699. The summed E-state index contributed by atoms with van der Waals surface area (Å²) in [6, 6.07) is 5.42. The number of amides is 1. The first-order valence-electron chi connectivity index (χ1n) is 6.88. The molecule has 0 saturated carbocycles. The van der Waals surface area contributed by atoms with Gasteiger partial charge in [-0.2, -0.15) is 0 Å². The molecule has 3 N–H and O–H groups in total. The highest BCUT2D eigenvalue weighted by molar-refractivity contribution is 5.95. The number of anilines is 1. The second-order valence-electron chi connectivity index (χ2n) is 5.83. The second-order valence-corrected chi connectivity index (χ2v) is 5.83. The zero-order valence-electron chi connectivity index (χ0n) is 12.3. The van der Waals surface area contributed by atoms with Gasteiger partial charge < -0.3 is 20.6 Å². The van der Waals surface area contributed by atoms with Crippen LogP contribution in [0.1, 0.15) is 22.3 Å². The van der Waals surface area contributed by atoms with Gasteiger partial charge in [0.2, 0.25) is 0 Å². The van der Waals surface area contributed by atoms with Crippen molar-refractivity contribution in [3.8, 4) is 0 Å². The molecule has 0 aromatic heterocycles. The summed E-state index contributed by atoms with van der Waals surface area (Å²) < 4.78 is 0. The van der Waals surface area contributed by atoms with Gasteiger partial charge in [0.1, 0.15) is 0 Å². The van der Waals surface area contributed by atoms with Gasteiger partial charge in [-0.25, -0.2) is 0 Å². The van der Waals surface area contributed by atoms with E-state index < -0.39 is 6.10 Å². The maximum atomic E-state index is 12.6. The number of carbonyl (C=O) groups excluding carboxylic acids is 1. The van der Waals surface area contributed by atoms with Crippen LogP contribution < -0.4 is 5.73 Å². The second kappa shape index (κ2) is 5.81. The molecule has 1 amide bonds. The first kappa shape index (κ1) is 14.8. The Balaban J connectivity index is 2.19. The third-order valence-electron chi connectivity index (χ3n) is 3.76. The molecule has 2 atom stereocenters. The number of carbonyl (C=O) groups is 1. The highest BCUT2D eigenvalue weighted by Gasteiger charge is 2.34. The summed E-state index contributed by atoms with van der Waals surface area (Å²) in [5.41, 5.74) is 8.05. The predicted molar refractivity (Wildman–Crippen MR) is 79.6 cm³/mol. The summed E-state index contributed by atoms with van der Waals surface area (Å²) in [4.78, 5) is 16.4. The van der Waals surface area contributed by atoms with Gasteiger partial charge in [0, 0.05) is 30.4 Å². The van der Waals surface area contributed by atoms with Crippen LogP contribution in [-0.4, -0.2) is 60.1 Å². The minimum atomic E-state index is -0.438. The Morgan fingerprint density at radius 2 is 2.20 bits per heavy atom. The van der Waals surface area contributed by atoms with Crippen molar-refractivity contribution < 1.29 is 9.90 Å². The molecule has 1 heterocycles. The number of likely N-dealkylation sites (N-methyl/N-ethyl adjacent to an activating group) is 1. The number of β-amino-alcohol motifs (C(OH)–C–C–N with tert-alkyl or cyclic N) is 1. The van der Waals surface area contributed by atoms with Gasteiger partial charge in [-0.1, -0.05) is 6.07 Å². The van der Waals surface area contributed by atoms with E-state index in [1.54, 1.807) is 17.0 Å². The number of aliphatic hydroxyl groups is 1. The highest BCUT2D eigenvalue weighted by atomic mass is 16.3. The predicted octanol–water partition coefficient (Wildman–Crippen LogP) is 0.714. The minimum Gasteiger partial charge on any atom is -0.398 e. The zero-order valence-corrected chi connectivity index (χ0v) is 12.3. The van der Waals surface area contributed by atoms with Crippen molar-refractivity contribution in [2.75, 3.05) is 32.9 Å². The zero-order chi connectivity index (χ0) is 14.9. The third kappa shape index (κ3) is 3.11. The van der Waals surface area contributed by atoms with Crippen LogP contribution in [0.4, 0.5) is 5.69 Å². The van der Waals surface area contributed by atoms with Gasteiger partial charge in [-0.05, 0) is 45.1 Å². The average Bonchev–Trinajstić information content (AvgIpc) is 2.72. The van der Waals surface area contributed by atoms with E-state index in [-0.39, 0.29) is 11.9 Å². The summed E-state index contributed by atoms with van der Waals surface area (Å²) in [6.07, 6.45) is 0.192. The Bertz CT molecular complexity index is 502. The molecule has 1 aliphatic heterocycles. The molecule has 0 spiro atoms. The Morgan fingerprint density at radius 3 is 2.80 bits per heavy atom. The number of aryl methyl sites for hydroxylation is 1. The quantitative estimate of drug-likeness (QED) is 0.799. The van der Waals surface area contributed by atoms with Crippen LogP contribution in [0.2, 0.25) is 0 Å². The number of hydrogen-bond acceptors (Lipinski definition) is 4. The van der Waals surface area contributed by atoms with E-state index in [1.807, 2.05) is 32.0 Å². The average molecular weight is 277 g/mol. The number of hydrogen-bond donors (Lipinski definition) is 2. The van der Waals surface area contributed by atoms with Crippen LogP contribution in [0, 0.1) is 6.92 Å². The van der Waals surface area contributed by atoms with Crippen molar-refractivity contribution in [1.29, 1.82) is 0 Å². The van der Waals surface area contributed by atoms with Crippen molar-refractivity contribution in [2.45, 2.75) is 25.5 Å². The molecule has 5 nitrogen and oxygen atoms in total. The van der Waals surface area contributed by atoms with Crippen molar-refractivity contribution in [3.05, 3.63) is 29.3 Å². The van der Waals surface area contributed by atoms with Gasteiger partial charge in [-0.15, -0.1) is 0 Å². The fourth-order valence-electron chi connectivity index (χ4n) is 2.67. The molecule has 110 valence electrons. The summed E-state index contributed by atoms with van der Waals surface area (Å²) in [5, 5.41) is 9.84. The first-order valence-corrected chi connectivity index (χ1v) is 6.88. The number of nitrogens with two attached hydrogens (primary N) is 1. The maximum absolute atomic E-state index is 12.6. The molecule has 0 aliphatic carbocycles. The van der Waals surface area contributed by atoms with E-state index in [9.17, 15) is 9.90 Å². The normalized spacial score (nSPS) is 22.6. The Kier molecular flexibility index (Phi) is 4.30. The van der Waals surface area contributed by atoms with Gasteiger partial charge in [0.15, 0.2) is 0 Å². The number of nitrogen functional groups attached to an aromatic ring is 1. The number of benzene rings is 1. The van der Waals surface area contributed by atoms with E-state index in [0.717, 1.165) is 12.1 Å². The molecule has 2 rings (SSSR count). The maximum Gasteiger partial charge on any atom is 0.254 e. The largest absolute Gasteiger partial charge is 0.398 e. The van der Waals surface area contributed by atoms with Gasteiger partial charge >= 0.3 is 0 Å². The van der Waals surface area contributed by atoms with E-state index in [2.05, 4.69) is 0 Å². The van der Waals surface area contributed by atoms with E-state index in [4.69, 9.17) is 5.73 Å². The monoisotopic (exact) mass is 277 g/mol. The van der Waals surface area contributed by atoms with Crippen molar-refractivity contribution in [1.82, 2.24) is 9.80 Å². The van der Waals surface area contributed by atoms with Gasteiger partial charge in [0.05, 0.1) is 6.10 Å². The molecule has 5 heteroatoms. The molecule has 2 unspecified atom stereocenters. The molecule has 1 aliphatic rings. The van der Waals surface area contributed by atoms with E-state index >= 15 is 0 Å². The fourth-order valence-corrected chi connectivity index (χ4v) is 2.67. The number of nitrogens with zero attached hydrogens (tertiary/aromatic N) is 2. The standard InChI is InChI=1S/C15H23N3O2/c1-10-4-5-11(6-14(10)16)15(20)18-9-13(19)7-12(18)8-17(2)3/h4-6,12-13,19H,7-9,16H2,1-3H3. The van der Waals surface area contributed by atoms with Crippen LogP contribution in [0.15, 0.2) is 18.2 Å². The molecule has 1 aromatic rings. The lowest BCUT2D eigenvalue weighted by atomic mass is 10.1.